The van der Waals surface area contributed by atoms with E-state index in [1.165, 1.54) is 0 Å². The van der Waals surface area contributed by atoms with Crippen LogP contribution < -0.4 is 0 Å². The van der Waals surface area contributed by atoms with Gasteiger partial charge in [0.1, 0.15) is 0 Å². The Hall–Kier alpha value is 0.390. The van der Waals surface area contributed by atoms with Crippen LogP contribution in [-0.4, -0.2) is 49.8 Å². The van der Waals surface area contributed by atoms with E-state index >= 15 is 0 Å². The van der Waals surface area contributed by atoms with Crippen molar-refractivity contribution in [1.82, 2.24) is 4.90 Å². The van der Waals surface area contributed by atoms with Crippen molar-refractivity contribution in [3.63, 3.8) is 0 Å². The van der Waals surface area contributed by atoms with Crippen LogP contribution in [0, 0.1) is 0 Å². The van der Waals surface area contributed by atoms with Crippen LogP contribution in [-0.2, 0) is 9.84 Å². The summed E-state index contributed by atoms with van der Waals surface area (Å²) in [5, 5.41) is 0. The summed E-state index contributed by atoms with van der Waals surface area (Å²) in [4.78, 5) is 2.44. The Morgan fingerprint density at radius 3 is 2.36 bits per heavy atom. The molecule has 0 heterocycles. The third kappa shape index (κ3) is 7.76. The van der Waals surface area contributed by atoms with Crippen LogP contribution >= 0.6 is 15.9 Å². The van der Waals surface area contributed by atoms with Crippen molar-refractivity contribution in [3.8, 4) is 0 Å². The molecular weight excluding hydrogens is 266 g/mol. The summed E-state index contributed by atoms with van der Waals surface area (Å²) in [7, 11) is -0.876. The summed E-state index contributed by atoms with van der Waals surface area (Å²) >= 11 is 3.44. The lowest BCUT2D eigenvalue weighted by molar-refractivity contribution is 0.359. The van der Waals surface area contributed by atoms with Gasteiger partial charge in [-0.15, -0.1) is 0 Å². The fraction of sp³-hybridized carbons (Fsp3) is 1.00. The van der Waals surface area contributed by atoms with Gasteiger partial charge >= 0.3 is 0 Å². The molecule has 0 saturated heterocycles. The minimum Gasteiger partial charge on any atom is -0.304 e. The predicted octanol–water partition coefficient (Wildman–Crippen LogP) is 1.53. The van der Waals surface area contributed by atoms with Crippen molar-refractivity contribution < 1.29 is 8.42 Å². The first-order valence-corrected chi connectivity index (χ1v) is 7.64. The minimum absolute atomic E-state index is 0.275. The van der Waals surface area contributed by atoms with Gasteiger partial charge in [-0.3, -0.25) is 0 Å². The van der Waals surface area contributed by atoms with E-state index in [1.807, 2.05) is 18.9 Å². The molecule has 0 aliphatic rings. The number of sulfone groups is 1. The van der Waals surface area contributed by atoms with Crippen LogP contribution in [0.2, 0.25) is 0 Å². The molecule has 1 atom stereocenters. The summed E-state index contributed by atoms with van der Waals surface area (Å²) in [6.07, 6.45) is 0.709. The van der Waals surface area contributed by atoms with Gasteiger partial charge in [0, 0.05) is 23.7 Å². The molecule has 1 unspecified atom stereocenters. The van der Waals surface area contributed by atoms with Crippen molar-refractivity contribution in [3.05, 3.63) is 0 Å². The summed E-state index contributed by atoms with van der Waals surface area (Å²) in [5.41, 5.74) is 0. The first-order chi connectivity index (χ1) is 6.37. The van der Waals surface area contributed by atoms with Crippen molar-refractivity contribution in [2.24, 2.45) is 0 Å². The Balaban J connectivity index is 3.82. The molecule has 0 aromatic rings. The normalized spacial score (nSPS) is 14.6. The van der Waals surface area contributed by atoms with Crippen LogP contribution in [0.4, 0.5) is 0 Å². The standard InChI is InChI=1S/C9H20BrNO2S/c1-4-6-14(12,13)7-5-11(3)8-9(2)10/h9H,4-8H2,1-3H3. The second-order valence-corrected chi connectivity index (χ2v) is 7.56. The van der Waals surface area contributed by atoms with Gasteiger partial charge in [0.05, 0.1) is 5.75 Å². The quantitative estimate of drug-likeness (QED) is 0.666. The average Bonchev–Trinajstić information content (AvgIpc) is 2.00. The van der Waals surface area contributed by atoms with E-state index in [9.17, 15) is 8.42 Å². The second kappa shape index (κ2) is 6.80. The molecule has 0 spiro atoms. The molecule has 0 aromatic heterocycles. The maximum atomic E-state index is 11.4. The van der Waals surface area contributed by atoms with Crippen LogP contribution in [0.25, 0.3) is 0 Å². The average molecular weight is 286 g/mol. The summed E-state index contributed by atoms with van der Waals surface area (Å²) < 4.78 is 22.8. The van der Waals surface area contributed by atoms with Gasteiger partial charge in [-0.25, -0.2) is 8.42 Å². The predicted molar refractivity (Wildman–Crippen MR) is 64.8 cm³/mol. The summed E-state index contributed by atoms with van der Waals surface area (Å²) in [6.45, 7) is 5.44. The van der Waals surface area contributed by atoms with E-state index in [-0.39, 0.29) is 5.75 Å². The largest absolute Gasteiger partial charge is 0.304 e. The van der Waals surface area contributed by atoms with E-state index in [2.05, 4.69) is 22.9 Å². The fourth-order valence-corrected chi connectivity index (χ4v) is 3.14. The lowest BCUT2D eigenvalue weighted by Crippen LogP contribution is -2.30. The fourth-order valence-electron chi connectivity index (χ4n) is 1.23. The molecule has 0 rings (SSSR count). The molecule has 86 valence electrons. The lowest BCUT2D eigenvalue weighted by atomic mass is 10.4. The Morgan fingerprint density at radius 1 is 1.36 bits per heavy atom. The van der Waals surface area contributed by atoms with Gasteiger partial charge < -0.3 is 4.90 Å². The van der Waals surface area contributed by atoms with Crippen LogP contribution in [0.5, 0.6) is 0 Å². The smallest absolute Gasteiger partial charge is 0.151 e. The van der Waals surface area contributed by atoms with E-state index < -0.39 is 9.84 Å². The van der Waals surface area contributed by atoms with Gasteiger partial charge in [0.15, 0.2) is 9.84 Å². The van der Waals surface area contributed by atoms with E-state index in [0.29, 0.717) is 23.5 Å². The second-order valence-electron chi connectivity index (χ2n) is 3.69. The maximum absolute atomic E-state index is 11.4. The zero-order valence-electron chi connectivity index (χ0n) is 9.16. The topological polar surface area (TPSA) is 37.4 Å². The van der Waals surface area contributed by atoms with Gasteiger partial charge in [-0.1, -0.05) is 29.8 Å². The molecular formula is C9H20BrNO2S. The molecule has 0 bridgehead atoms. The van der Waals surface area contributed by atoms with Crippen molar-refractivity contribution in [2.45, 2.75) is 25.1 Å². The molecule has 5 heteroatoms. The third-order valence-electron chi connectivity index (χ3n) is 1.86. The first kappa shape index (κ1) is 14.4. The first-order valence-electron chi connectivity index (χ1n) is 4.90. The van der Waals surface area contributed by atoms with Crippen molar-refractivity contribution in [1.29, 1.82) is 0 Å². The number of nitrogens with zero attached hydrogens (tertiary/aromatic N) is 1. The Labute approximate surface area is 95.9 Å². The number of hydrogen-bond acceptors (Lipinski definition) is 3. The molecule has 0 N–H and O–H groups in total. The van der Waals surface area contributed by atoms with Crippen LogP contribution in [0.1, 0.15) is 20.3 Å². The number of hydrogen-bond donors (Lipinski definition) is 0. The molecule has 0 aromatic carbocycles. The molecule has 0 saturated carbocycles. The molecule has 0 fully saturated rings. The Bertz CT molecular complexity index is 239. The summed E-state index contributed by atoms with van der Waals surface area (Å²) in [5.74, 6) is 0.585. The molecule has 0 radical (unpaired) electrons. The Morgan fingerprint density at radius 2 is 1.93 bits per heavy atom. The minimum atomic E-state index is -2.82. The van der Waals surface area contributed by atoms with E-state index in [1.54, 1.807) is 0 Å². The summed E-state index contributed by atoms with van der Waals surface area (Å²) in [6, 6.07) is 0. The molecule has 3 nitrogen and oxygen atoms in total. The SMILES string of the molecule is CCCS(=O)(=O)CCN(C)CC(C)Br. The van der Waals surface area contributed by atoms with Crippen LogP contribution in [0.15, 0.2) is 0 Å². The lowest BCUT2D eigenvalue weighted by Gasteiger charge is -2.17. The number of halogens is 1. The highest BCUT2D eigenvalue weighted by Crippen LogP contribution is 2.01. The third-order valence-corrected chi connectivity index (χ3v) is 3.99. The van der Waals surface area contributed by atoms with Crippen molar-refractivity contribution >= 4 is 25.8 Å². The van der Waals surface area contributed by atoms with Crippen LogP contribution in [0.3, 0.4) is 0 Å². The zero-order chi connectivity index (χ0) is 11.2. The number of rotatable bonds is 7. The van der Waals surface area contributed by atoms with Crippen molar-refractivity contribution in [2.75, 3.05) is 31.6 Å². The maximum Gasteiger partial charge on any atom is 0.151 e. The molecule has 14 heavy (non-hydrogen) atoms. The van der Waals surface area contributed by atoms with Gasteiger partial charge in [0.2, 0.25) is 0 Å². The van der Waals surface area contributed by atoms with E-state index in [4.69, 9.17) is 0 Å². The van der Waals surface area contributed by atoms with E-state index in [0.717, 1.165) is 6.54 Å². The zero-order valence-corrected chi connectivity index (χ0v) is 11.6. The molecule has 0 aliphatic heterocycles. The van der Waals surface area contributed by atoms with Gasteiger partial charge in [0.25, 0.3) is 0 Å². The Kier molecular flexibility index (Phi) is 6.99. The monoisotopic (exact) mass is 285 g/mol. The highest BCUT2D eigenvalue weighted by Gasteiger charge is 2.11. The molecule has 0 amide bonds. The highest BCUT2D eigenvalue weighted by atomic mass is 79.9. The number of alkyl halides is 1. The highest BCUT2D eigenvalue weighted by molar-refractivity contribution is 9.09. The van der Waals surface area contributed by atoms with Gasteiger partial charge in [-0.2, -0.15) is 0 Å². The van der Waals surface area contributed by atoms with Gasteiger partial charge in [-0.05, 0) is 13.5 Å². The molecule has 0 aliphatic carbocycles.